The van der Waals surface area contributed by atoms with E-state index in [9.17, 15) is 4.79 Å². The van der Waals surface area contributed by atoms with E-state index in [4.69, 9.17) is 4.74 Å². The number of benzene rings is 2. The maximum absolute atomic E-state index is 12.8. The van der Waals surface area contributed by atoms with Crippen LogP contribution in [0.5, 0.6) is 0 Å². The zero-order valence-electron chi connectivity index (χ0n) is 15.0. The number of thioether (sulfide) groups is 1. The van der Waals surface area contributed by atoms with E-state index < -0.39 is 0 Å². The van der Waals surface area contributed by atoms with Crippen LogP contribution >= 0.6 is 11.8 Å². The Labute approximate surface area is 159 Å². The molecule has 0 saturated carbocycles. The summed E-state index contributed by atoms with van der Waals surface area (Å²) >= 11 is 1.60. The molecular weight excluding hydrogens is 344 g/mol. The van der Waals surface area contributed by atoms with E-state index in [1.807, 2.05) is 60.7 Å². The van der Waals surface area contributed by atoms with Crippen molar-refractivity contribution in [2.45, 2.75) is 16.6 Å². The second-order valence-electron chi connectivity index (χ2n) is 6.32. The molecule has 5 heteroatoms. The molecular formula is C21H26N2O2S. The van der Waals surface area contributed by atoms with Gasteiger partial charge in [0.15, 0.2) is 0 Å². The highest BCUT2D eigenvalue weighted by molar-refractivity contribution is 8.00. The van der Waals surface area contributed by atoms with E-state index >= 15 is 0 Å². The van der Waals surface area contributed by atoms with Crippen LogP contribution in [-0.2, 0) is 9.53 Å². The van der Waals surface area contributed by atoms with E-state index in [0.717, 1.165) is 49.7 Å². The Bertz CT molecular complexity index is 660. The van der Waals surface area contributed by atoms with Crippen LogP contribution in [0.15, 0.2) is 65.6 Å². The standard InChI is InChI=1S/C21H26N2O2S/c24-21(22-12-7-13-23-14-16-25-17-15-23)20(18-8-3-1-4-9-18)26-19-10-5-2-6-11-19/h1-6,8-11,20H,7,12-17H2,(H,22,24)/t20-/m0/s1. The number of hydrogen-bond acceptors (Lipinski definition) is 4. The number of carbonyl (C=O) groups is 1. The van der Waals surface area contributed by atoms with Gasteiger partial charge in [-0.25, -0.2) is 0 Å². The SMILES string of the molecule is O=C(NCCCN1CCOCC1)[C@@H](Sc1ccccc1)c1ccccc1. The van der Waals surface area contributed by atoms with E-state index in [-0.39, 0.29) is 11.2 Å². The van der Waals surface area contributed by atoms with Crippen molar-refractivity contribution in [2.24, 2.45) is 0 Å². The average Bonchev–Trinajstić information content (AvgIpc) is 2.71. The van der Waals surface area contributed by atoms with Gasteiger partial charge in [-0.2, -0.15) is 0 Å². The van der Waals surface area contributed by atoms with Gasteiger partial charge < -0.3 is 10.1 Å². The summed E-state index contributed by atoms with van der Waals surface area (Å²) in [4.78, 5) is 16.3. The van der Waals surface area contributed by atoms with Crippen LogP contribution in [0, 0.1) is 0 Å². The molecule has 2 aromatic carbocycles. The zero-order chi connectivity index (χ0) is 18.0. The smallest absolute Gasteiger partial charge is 0.237 e. The summed E-state index contributed by atoms with van der Waals surface area (Å²) in [6.45, 7) is 5.32. The molecule has 138 valence electrons. The maximum Gasteiger partial charge on any atom is 0.237 e. The summed E-state index contributed by atoms with van der Waals surface area (Å²) < 4.78 is 5.37. The van der Waals surface area contributed by atoms with Gasteiger partial charge in [0.2, 0.25) is 5.91 Å². The number of carbonyl (C=O) groups excluding carboxylic acids is 1. The van der Waals surface area contributed by atoms with Gasteiger partial charge in [0, 0.05) is 24.5 Å². The highest BCUT2D eigenvalue weighted by Crippen LogP contribution is 2.35. The normalized spacial score (nSPS) is 16.2. The number of nitrogens with one attached hydrogen (secondary N) is 1. The van der Waals surface area contributed by atoms with Crippen molar-refractivity contribution in [3.8, 4) is 0 Å². The minimum Gasteiger partial charge on any atom is -0.379 e. The summed E-state index contributed by atoms with van der Waals surface area (Å²) in [5.41, 5.74) is 1.03. The molecule has 0 radical (unpaired) electrons. The molecule has 0 aromatic heterocycles. The zero-order valence-corrected chi connectivity index (χ0v) is 15.8. The van der Waals surface area contributed by atoms with Gasteiger partial charge in [0.25, 0.3) is 0 Å². The van der Waals surface area contributed by atoms with Gasteiger partial charge in [0.1, 0.15) is 5.25 Å². The van der Waals surface area contributed by atoms with Crippen LogP contribution in [0.2, 0.25) is 0 Å². The number of nitrogens with zero attached hydrogens (tertiary/aromatic N) is 1. The Kier molecular flexibility index (Phi) is 7.55. The number of morpholine rings is 1. The van der Waals surface area contributed by atoms with Crippen LogP contribution < -0.4 is 5.32 Å². The molecule has 1 saturated heterocycles. The monoisotopic (exact) mass is 370 g/mol. The van der Waals surface area contributed by atoms with Gasteiger partial charge in [-0.05, 0) is 30.7 Å². The van der Waals surface area contributed by atoms with Gasteiger partial charge in [-0.15, -0.1) is 11.8 Å². The summed E-state index contributed by atoms with van der Waals surface area (Å²) in [6.07, 6.45) is 0.962. The predicted molar refractivity (Wildman–Crippen MR) is 106 cm³/mol. The lowest BCUT2D eigenvalue weighted by Crippen LogP contribution is -2.38. The Hall–Kier alpha value is -1.82. The first-order chi connectivity index (χ1) is 12.8. The van der Waals surface area contributed by atoms with Crippen LogP contribution in [0.1, 0.15) is 17.2 Å². The second kappa shape index (κ2) is 10.4. The Morgan fingerprint density at radius 2 is 1.69 bits per heavy atom. The molecule has 0 bridgehead atoms. The van der Waals surface area contributed by atoms with Crippen LogP contribution in [0.25, 0.3) is 0 Å². The van der Waals surface area contributed by atoms with Crippen LogP contribution in [0.3, 0.4) is 0 Å². The van der Waals surface area contributed by atoms with Gasteiger partial charge in [-0.3, -0.25) is 9.69 Å². The predicted octanol–water partition coefficient (Wildman–Crippen LogP) is 3.36. The average molecular weight is 371 g/mol. The van der Waals surface area contributed by atoms with Gasteiger partial charge in [-0.1, -0.05) is 48.5 Å². The molecule has 26 heavy (non-hydrogen) atoms. The van der Waals surface area contributed by atoms with Crippen LogP contribution in [0.4, 0.5) is 0 Å². The van der Waals surface area contributed by atoms with Crippen molar-refractivity contribution < 1.29 is 9.53 Å². The van der Waals surface area contributed by atoms with Crippen molar-refractivity contribution in [2.75, 3.05) is 39.4 Å². The summed E-state index contributed by atoms with van der Waals surface area (Å²) in [5, 5.41) is 2.89. The largest absolute Gasteiger partial charge is 0.379 e. The molecule has 3 rings (SSSR count). The summed E-state index contributed by atoms with van der Waals surface area (Å²) in [7, 11) is 0. The van der Waals surface area contributed by atoms with Gasteiger partial charge in [0.05, 0.1) is 13.2 Å². The lowest BCUT2D eigenvalue weighted by atomic mass is 10.1. The molecule has 1 heterocycles. The van der Waals surface area contributed by atoms with E-state index in [2.05, 4.69) is 10.2 Å². The third kappa shape index (κ3) is 5.87. The fourth-order valence-electron chi connectivity index (χ4n) is 2.97. The summed E-state index contributed by atoms with van der Waals surface area (Å²) in [5.74, 6) is 0.0760. The fourth-order valence-corrected chi connectivity index (χ4v) is 4.04. The van der Waals surface area contributed by atoms with Crippen molar-refractivity contribution in [3.05, 3.63) is 66.2 Å². The number of rotatable bonds is 8. The first kappa shape index (κ1) is 19.0. The third-order valence-corrected chi connectivity index (χ3v) is 5.66. The molecule has 0 aliphatic carbocycles. The number of amides is 1. The minimum atomic E-state index is -0.234. The molecule has 0 unspecified atom stereocenters. The third-order valence-electron chi connectivity index (χ3n) is 4.39. The molecule has 1 N–H and O–H groups in total. The Morgan fingerprint density at radius 1 is 1.04 bits per heavy atom. The van der Waals surface area contributed by atoms with Crippen molar-refractivity contribution in [3.63, 3.8) is 0 Å². The Balaban J connectivity index is 1.54. The lowest BCUT2D eigenvalue weighted by molar-refractivity contribution is -0.120. The van der Waals surface area contributed by atoms with E-state index in [1.165, 1.54) is 0 Å². The second-order valence-corrected chi connectivity index (χ2v) is 7.50. The highest BCUT2D eigenvalue weighted by Gasteiger charge is 2.21. The first-order valence-corrected chi connectivity index (χ1v) is 10.1. The first-order valence-electron chi connectivity index (χ1n) is 9.17. The Morgan fingerprint density at radius 3 is 2.38 bits per heavy atom. The molecule has 2 aromatic rings. The van der Waals surface area contributed by atoms with Crippen molar-refractivity contribution in [1.29, 1.82) is 0 Å². The van der Waals surface area contributed by atoms with E-state index in [0.29, 0.717) is 6.54 Å². The maximum atomic E-state index is 12.8. The van der Waals surface area contributed by atoms with Crippen molar-refractivity contribution >= 4 is 17.7 Å². The molecule has 1 amide bonds. The summed E-state index contributed by atoms with van der Waals surface area (Å²) in [6, 6.07) is 20.1. The van der Waals surface area contributed by atoms with E-state index in [1.54, 1.807) is 11.8 Å². The fraction of sp³-hybridized carbons (Fsp3) is 0.381. The lowest BCUT2D eigenvalue weighted by Gasteiger charge is -2.26. The van der Waals surface area contributed by atoms with Crippen molar-refractivity contribution in [1.82, 2.24) is 10.2 Å². The number of hydrogen-bond donors (Lipinski definition) is 1. The topological polar surface area (TPSA) is 41.6 Å². The molecule has 1 atom stereocenters. The molecule has 4 nitrogen and oxygen atoms in total. The number of ether oxygens (including phenoxy) is 1. The molecule has 1 aliphatic rings. The molecule has 1 fully saturated rings. The molecule has 0 spiro atoms. The van der Waals surface area contributed by atoms with Crippen LogP contribution in [-0.4, -0.2) is 50.2 Å². The quantitative estimate of drug-likeness (QED) is 0.571. The minimum absolute atomic E-state index is 0.0760. The highest BCUT2D eigenvalue weighted by atomic mass is 32.2. The van der Waals surface area contributed by atoms with Gasteiger partial charge >= 0.3 is 0 Å². The molecule has 1 aliphatic heterocycles.